The Hall–Kier alpha value is -3.17. The van der Waals surface area contributed by atoms with Crippen LogP contribution in [0.15, 0.2) is 54.6 Å². The molecule has 2 aromatic carbocycles. The second kappa shape index (κ2) is 11.7. The number of fused-ring (bicyclic) bond motifs is 2. The lowest BCUT2D eigenvalue weighted by atomic mass is 9.69. The number of hydrogen-bond donors (Lipinski definition) is 2. The number of nitrogens with one attached hydrogen (secondary N) is 2. The molecule has 2 aromatic rings. The Morgan fingerprint density at radius 1 is 1.07 bits per heavy atom. The van der Waals surface area contributed by atoms with E-state index >= 15 is 0 Å². The maximum atomic E-state index is 13.0. The number of halogens is 3. The van der Waals surface area contributed by atoms with Crippen LogP contribution in [0.5, 0.6) is 0 Å². The van der Waals surface area contributed by atoms with Crippen molar-refractivity contribution in [3.63, 3.8) is 0 Å². The Balaban J connectivity index is 1.15. The van der Waals surface area contributed by atoms with Gasteiger partial charge < -0.3 is 15.4 Å². The second-order valence-electron chi connectivity index (χ2n) is 11.1. The zero-order valence-electron chi connectivity index (χ0n) is 22.7. The van der Waals surface area contributed by atoms with Crippen LogP contribution in [0.25, 0.3) is 6.08 Å². The summed E-state index contributed by atoms with van der Waals surface area (Å²) in [4.78, 5) is 27.6. The molecule has 2 fully saturated rings. The fraction of sp³-hybridized carbons (Fsp3) is 0.484. The molecule has 9 heteroatoms. The topological polar surface area (TPSA) is 70.7 Å². The lowest BCUT2D eigenvalue weighted by Crippen LogP contribution is -2.48. The molecule has 2 atom stereocenters. The maximum absolute atomic E-state index is 13.0. The van der Waals surface area contributed by atoms with Crippen LogP contribution in [0.3, 0.4) is 0 Å². The van der Waals surface area contributed by atoms with Gasteiger partial charge in [0.2, 0.25) is 5.91 Å². The molecule has 2 N–H and O–H groups in total. The molecule has 5 rings (SSSR count). The summed E-state index contributed by atoms with van der Waals surface area (Å²) in [6, 6.07) is 13.0. The van der Waals surface area contributed by atoms with Crippen molar-refractivity contribution in [3.8, 4) is 0 Å². The quantitative estimate of drug-likeness (QED) is 0.484. The first-order valence-corrected chi connectivity index (χ1v) is 14.1. The highest BCUT2D eigenvalue weighted by atomic mass is 19.4. The van der Waals surface area contributed by atoms with Crippen LogP contribution in [0.2, 0.25) is 0 Å². The van der Waals surface area contributed by atoms with Crippen molar-refractivity contribution in [1.29, 1.82) is 0 Å². The lowest BCUT2D eigenvalue weighted by Gasteiger charge is -2.40. The molecule has 1 saturated carbocycles. The summed E-state index contributed by atoms with van der Waals surface area (Å²) in [7, 11) is 0. The third kappa shape index (κ3) is 6.10. The highest BCUT2D eigenvalue weighted by Crippen LogP contribution is 2.47. The summed E-state index contributed by atoms with van der Waals surface area (Å²) in [6.07, 6.45) is 5.07. The van der Waals surface area contributed by atoms with Gasteiger partial charge in [0.25, 0.3) is 5.91 Å². The number of rotatable bonds is 8. The Morgan fingerprint density at radius 3 is 2.60 bits per heavy atom. The highest BCUT2D eigenvalue weighted by molar-refractivity contribution is 5.96. The summed E-state index contributed by atoms with van der Waals surface area (Å²) in [5.41, 5.74) is 1.81. The SMILES string of the molecule is CCCOC1CN(C2CCC3(C=Cc4ccccc43)CC2)CC1NC(=O)CNC(=O)c1cccc(C(F)(F)F)c1. The van der Waals surface area contributed by atoms with Gasteiger partial charge in [-0.3, -0.25) is 14.5 Å². The van der Waals surface area contributed by atoms with E-state index in [1.54, 1.807) is 0 Å². The Morgan fingerprint density at radius 2 is 1.85 bits per heavy atom. The van der Waals surface area contributed by atoms with Gasteiger partial charge in [0, 0.05) is 36.7 Å². The number of ether oxygens (including phenoxy) is 1. The molecule has 0 aromatic heterocycles. The van der Waals surface area contributed by atoms with Gasteiger partial charge in [-0.1, -0.05) is 49.4 Å². The molecule has 2 aliphatic carbocycles. The van der Waals surface area contributed by atoms with Gasteiger partial charge in [-0.05, 0) is 61.4 Å². The number of carbonyl (C=O) groups excluding carboxylic acids is 2. The molecule has 6 nitrogen and oxygen atoms in total. The van der Waals surface area contributed by atoms with E-state index in [1.165, 1.54) is 23.3 Å². The fourth-order valence-electron chi connectivity index (χ4n) is 6.39. The Labute approximate surface area is 233 Å². The first kappa shape index (κ1) is 28.4. The number of likely N-dealkylation sites (tertiary alicyclic amines) is 1. The highest BCUT2D eigenvalue weighted by Gasteiger charge is 2.43. The number of allylic oxidation sites excluding steroid dienone is 1. The molecule has 1 saturated heterocycles. The van der Waals surface area contributed by atoms with Gasteiger partial charge in [-0.25, -0.2) is 0 Å². The van der Waals surface area contributed by atoms with Gasteiger partial charge in [0.15, 0.2) is 0 Å². The van der Waals surface area contributed by atoms with Crippen LogP contribution in [0.4, 0.5) is 13.2 Å². The number of benzene rings is 2. The third-order valence-electron chi connectivity index (χ3n) is 8.48. The molecule has 3 aliphatic rings. The minimum atomic E-state index is -4.55. The Bertz CT molecular complexity index is 1250. The van der Waals surface area contributed by atoms with E-state index in [4.69, 9.17) is 4.74 Å². The largest absolute Gasteiger partial charge is 0.416 e. The predicted octanol–water partition coefficient (Wildman–Crippen LogP) is 4.94. The molecule has 2 amide bonds. The molecular formula is C31H36F3N3O3. The van der Waals surface area contributed by atoms with E-state index < -0.39 is 23.6 Å². The van der Waals surface area contributed by atoms with Crippen LogP contribution in [-0.4, -0.2) is 61.1 Å². The molecule has 2 unspecified atom stereocenters. The number of hydrogen-bond acceptors (Lipinski definition) is 4. The molecule has 214 valence electrons. The number of alkyl halides is 3. The van der Waals surface area contributed by atoms with Crippen molar-refractivity contribution in [1.82, 2.24) is 15.5 Å². The number of nitrogens with zero attached hydrogens (tertiary/aromatic N) is 1. The summed E-state index contributed by atoms with van der Waals surface area (Å²) < 4.78 is 45.1. The summed E-state index contributed by atoms with van der Waals surface area (Å²) >= 11 is 0. The molecule has 1 spiro atoms. The van der Waals surface area contributed by atoms with Crippen molar-refractivity contribution in [2.45, 2.75) is 68.8 Å². The van der Waals surface area contributed by atoms with Gasteiger partial charge in [0.05, 0.1) is 24.3 Å². The molecule has 1 heterocycles. The van der Waals surface area contributed by atoms with E-state index in [0.717, 1.165) is 50.8 Å². The van der Waals surface area contributed by atoms with Gasteiger partial charge in [-0.15, -0.1) is 0 Å². The van der Waals surface area contributed by atoms with Gasteiger partial charge >= 0.3 is 6.18 Å². The predicted molar refractivity (Wildman–Crippen MR) is 147 cm³/mol. The number of amides is 2. The smallest absolute Gasteiger partial charge is 0.375 e. The minimum Gasteiger partial charge on any atom is -0.375 e. The van der Waals surface area contributed by atoms with Crippen molar-refractivity contribution in [3.05, 3.63) is 76.9 Å². The molecule has 1 aliphatic heterocycles. The maximum Gasteiger partial charge on any atom is 0.416 e. The van der Waals surface area contributed by atoms with Crippen LogP contribution in [-0.2, 0) is 21.1 Å². The van der Waals surface area contributed by atoms with Crippen LogP contribution >= 0.6 is 0 Å². The van der Waals surface area contributed by atoms with E-state index in [0.29, 0.717) is 19.2 Å². The average molecular weight is 556 g/mol. The van der Waals surface area contributed by atoms with Crippen molar-refractivity contribution in [2.75, 3.05) is 26.2 Å². The van der Waals surface area contributed by atoms with Gasteiger partial charge in [-0.2, -0.15) is 13.2 Å². The summed E-state index contributed by atoms with van der Waals surface area (Å²) in [5, 5.41) is 5.44. The van der Waals surface area contributed by atoms with Crippen molar-refractivity contribution in [2.24, 2.45) is 0 Å². The Kier molecular flexibility index (Phi) is 8.33. The lowest BCUT2D eigenvalue weighted by molar-refractivity contribution is -0.137. The molecule has 0 bridgehead atoms. The summed E-state index contributed by atoms with van der Waals surface area (Å²) in [6.45, 7) is 3.69. The molecular weight excluding hydrogens is 519 g/mol. The van der Waals surface area contributed by atoms with E-state index in [9.17, 15) is 22.8 Å². The first-order chi connectivity index (χ1) is 19.2. The van der Waals surface area contributed by atoms with Crippen LogP contribution in [0, 0.1) is 0 Å². The third-order valence-corrected chi connectivity index (χ3v) is 8.48. The molecule has 40 heavy (non-hydrogen) atoms. The van der Waals surface area contributed by atoms with Crippen LogP contribution in [0.1, 0.15) is 66.1 Å². The van der Waals surface area contributed by atoms with Crippen molar-refractivity contribution >= 4 is 17.9 Å². The van der Waals surface area contributed by atoms with E-state index in [1.807, 2.05) is 6.92 Å². The van der Waals surface area contributed by atoms with E-state index in [-0.39, 0.29) is 29.7 Å². The van der Waals surface area contributed by atoms with E-state index in [2.05, 4.69) is 52.0 Å². The summed E-state index contributed by atoms with van der Waals surface area (Å²) in [5.74, 6) is -1.13. The monoisotopic (exact) mass is 555 g/mol. The van der Waals surface area contributed by atoms with Crippen LogP contribution < -0.4 is 10.6 Å². The normalized spacial score (nSPS) is 26.1. The second-order valence-corrected chi connectivity index (χ2v) is 11.1. The van der Waals surface area contributed by atoms with Gasteiger partial charge in [0.1, 0.15) is 0 Å². The minimum absolute atomic E-state index is 0.121. The average Bonchev–Trinajstić information content (AvgIpc) is 3.52. The first-order valence-electron chi connectivity index (χ1n) is 14.1. The number of carbonyl (C=O) groups is 2. The fourth-order valence-corrected chi connectivity index (χ4v) is 6.39. The van der Waals surface area contributed by atoms with Crippen molar-refractivity contribution < 1.29 is 27.5 Å². The zero-order chi connectivity index (χ0) is 28.3. The standard InChI is InChI=1S/C31H36F3N3O3/c1-2-16-40-27-20-37(24-11-14-30(15-12-24)13-10-21-6-3-4-9-25(21)30)19-26(27)36-28(38)18-35-29(39)22-7-5-8-23(17-22)31(32,33)34/h3-10,13,17,24,26-27H,2,11-12,14-16,18-20H2,1H3,(H,35,39)(H,36,38). The molecule has 0 radical (unpaired) electrons. The zero-order valence-corrected chi connectivity index (χ0v) is 22.7.